The van der Waals surface area contributed by atoms with E-state index >= 15 is 0 Å². The molecule has 0 aliphatic heterocycles. The van der Waals surface area contributed by atoms with Gasteiger partial charge in [0.25, 0.3) is 0 Å². The second-order valence-corrected chi connectivity index (χ2v) is 29.4. The van der Waals surface area contributed by atoms with Gasteiger partial charge < -0.3 is 0 Å². The second-order valence-electron chi connectivity index (χ2n) is 19.3. The fourth-order valence-electron chi connectivity index (χ4n) is 9.95. The molecule has 0 bridgehead atoms. The van der Waals surface area contributed by atoms with Crippen LogP contribution in [0.3, 0.4) is 0 Å². The van der Waals surface area contributed by atoms with Crippen LogP contribution in [-0.2, 0) is 5.41 Å². The molecule has 8 aromatic carbocycles. The van der Waals surface area contributed by atoms with Gasteiger partial charge in [0.15, 0.2) is 17.5 Å². The largest absolute Gasteiger partial charge is 0.208 e. The Balaban J connectivity index is 1.09. The molecule has 3 nitrogen and oxygen atoms in total. The Bertz CT molecular complexity index is 3190. The van der Waals surface area contributed by atoms with Gasteiger partial charge in [-0.2, -0.15) is 0 Å². The molecule has 0 radical (unpaired) electrons. The maximum Gasteiger partial charge on any atom is 0.164 e. The summed E-state index contributed by atoms with van der Waals surface area (Å²) in [5.74, 6) is 1.94. The predicted octanol–water partition coefficient (Wildman–Crippen LogP) is 13.6. The van der Waals surface area contributed by atoms with Crippen molar-refractivity contribution in [1.29, 1.82) is 0 Å². The minimum Gasteiger partial charge on any atom is -0.208 e. The third-order valence-electron chi connectivity index (χ3n) is 13.3. The summed E-state index contributed by atoms with van der Waals surface area (Å²) < 4.78 is 0. The van der Waals surface area contributed by atoms with E-state index in [4.69, 9.17) is 15.0 Å². The van der Waals surface area contributed by atoms with Crippen LogP contribution in [0, 0.1) is 0 Å². The highest BCUT2D eigenvalue weighted by Crippen LogP contribution is 2.63. The molecule has 2 aliphatic rings. The van der Waals surface area contributed by atoms with E-state index in [0.717, 1.165) is 33.4 Å². The number of hydrogen-bond donors (Lipinski definition) is 0. The predicted molar refractivity (Wildman–Crippen MR) is 269 cm³/mol. The number of hydrogen-bond acceptors (Lipinski definition) is 3. The van der Waals surface area contributed by atoms with Crippen LogP contribution < -0.4 is 10.4 Å². The van der Waals surface area contributed by atoms with E-state index in [1.165, 1.54) is 60.4 Å². The molecule has 0 saturated carbocycles. The van der Waals surface area contributed by atoms with E-state index in [0.29, 0.717) is 17.5 Å². The first-order chi connectivity index (χ1) is 30.5. The van der Waals surface area contributed by atoms with Crippen molar-refractivity contribution < 1.29 is 0 Å². The molecule has 1 aromatic heterocycles. The van der Waals surface area contributed by atoms with Crippen LogP contribution >= 0.6 is 0 Å². The number of benzene rings is 8. The zero-order chi connectivity index (χ0) is 43.1. The lowest BCUT2D eigenvalue weighted by molar-refractivity contribution is 0.795. The van der Waals surface area contributed by atoms with Gasteiger partial charge in [-0.15, -0.1) is 0 Å². The Kier molecular flexibility index (Phi) is 9.09. The van der Waals surface area contributed by atoms with E-state index in [2.05, 4.69) is 203 Å². The number of fused-ring (bicyclic) bond motifs is 10. The zero-order valence-electron chi connectivity index (χ0n) is 36.7. The fourth-order valence-corrected chi connectivity index (χ4v) is 12.3. The summed E-state index contributed by atoms with van der Waals surface area (Å²) in [7, 11) is -3.31. The van der Waals surface area contributed by atoms with Gasteiger partial charge in [-0.1, -0.05) is 220 Å². The van der Waals surface area contributed by atoms with Gasteiger partial charge in [-0.3, -0.25) is 0 Å². The highest BCUT2D eigenvalue weighted by molar-refractivity contribution is 6.89. The first-order valence-electron chi connectivity index (χ1n) is 22.1. The third kappa shape index (κ3) is 6.49. The normalized spacial score (nSPS) is 13.4. The highest BCUT2D eigenvalue weighted by atomic mass is 28.3. The van der Waals surface area contributed by atoms with Crippen LogP contribution in [0.1, 0.15) is 22.3 Å². The lowest BCUT2D eigenvalue weighted by Gasteiger charge is -2.32. The van der Waals surface area contributed by atoms with Crippen molar-refractivity contribution in [3.05, 3.63) is 210 Å². The molecule has 0 fully saturated rings. The summed E-state index contributed by atoms with van der Waals surface area (Å²) in [5.41, 5.74) is 17.9. The summed E-state index contributed by atoms with van der Waals surface area (Å²) in [4.78, 5) is 15.4. The minimum atomic E-state index is -1.65. The molecular formula is C58H49N3Si2. The molecule has 1 spiro atoms. The standard InChI is InChI=1S/C58H49N3Si2/c1-62(2,3)45-28-31-49-50-32-29-46(63(4,5)6)37-54(50)58(53(49)36-45)51-26-14-13-25-47(51)48-30-27-42(35-52(48)58)41-22-16-24-44(34-41)57-60-55(39-19-11-8-12-20-39)59-56(61-57)43-23-15-21-40(33-43)38-17-9-7-10-18-38/h7-37H,1-6H3. The molecule has 5 heteroatoms. The molecule has 0 atom stereocenters. The van der Waals surface area contributed by atoms with E-state index in [1.807, 2.05) is 24.3 Å². The average Bonchev–Trinajstić information content (AvgIpc) is 3.78. The topological polar surface area (TPSA) is 38.7 Å². The van der Waals surface area contributed by atoms with E-state index in [-0.39, 0.29) is 0 Å². The van der Waals surface area contributed by atoms with Gasteiger partial charge in [0, 0.05) is 16.7 Å². The first kappa shape index (κ1) is 39.1. The summed E-state index contributed by atoms with van der Waals surface area (Å²) in [6, 6.07) is 69.2. The molecule has 304 valence electrons. The molecule has 0 saturated heterocycles. The van der Waals surface area contributed by atoms with Gasteiger partial charge >= 0.3 is 0 Å². The summed E-state index contributed by atoms with van der Waals surface area (Å²) in [6.07, 6.45) is 0. The summed E-state index contributed by atoms with van der Waals surface area (Å²) in [5, 5.41) is 2.99. The van der Waals surface area contributed by atoms with E-state index in [9.17, 15) is 0 Å². The second kappa shape index (κ2) is 14.7. The smallest absolute Gasteiger partial charge is 0.164 e. The maximum atomic E-state index is 5.20. The van der Waals surface area contributed by atoms with Crippen molar-refractivity contribution in [3.8, 4) is 78.7 Å². The molecule has 0 unspecified atom stereocenters. The molecule has 0 amide bonds. The number of nitrogens with zero attached hydrogens (tertiary/aromatic N) is 3. The molecule has 9 aromatic rings. The van der Waals surface area contributed by atoms with Crippen molar-refractivity contribution in [3.63, 3.8) is 0 Å². The van der Waals surface area contributed by atoms with Crippen molar-refractivity contribution in [2.45, 2.75) is 44.7 Å². The first-order valence-corrected chi connectivity index (χ1v) is 29.1. The fraction of sp³-hybridized carbons (Fsp3) is 0.121. The number of aromatic nitrogens is 3. The molecule has 1 heterocycles. The van der Waals surface area contributed by atoms with Crippen LogP contribution in [0.15, 0.2) is 188 Å². The Morgan fingerprint density at radius 2 is 0.667 bits per heavy atom. The lowest BCUT2D eigenvalue weighted by atomic mass is 9.70. The van der Waals surface area contributed by atoms with Crippen molar-refractivity contribution in [2.24, 2.45) is 0 Å². The van der Waals surface area contributed by atoms with Gasteiger partial charge in [0.1, 0.15) is 0 Å². The molecule has 11 rings (SSSR count). The molecular weight excluding hydrogens is 795 g/mol. The van der Waals surface area contributed by atoms with E-state index in [1.54, 1.807) is 0 Å². The van der Waals surface area contributed by atoms with Crippen molar-refractivity contribution in [2.75, 3.05) is 0 Å². The molecule has 2 aliphatic carbocycles. The van der Waals surface area contributed by atoms with Gasteiger partial charge in [-0.05, 0) is 85.0 Å². The Morgan fingerprint density at radius 1 is 0.286 bits per heavy atom. The summed E-state index contributed by atoms with van der Waals surface area (Å²) >= 11 is 0. The quantitative estimate of drug-likeness (QED) is 0.150. The Morgan fingerprint density at radius 3 is 1.21 bits per heavy atom. The minimum absolute atomic E-state index is 0.433. The van der Waals surface area contributed by atoms with Crippen LogP contribution in [0.4, 0.5) is 0 Å². The monoisotopic (exact) mass is 843 g/mol. The Labute approximate surface area is 373 Å². The van der Waals surface area contributed by atoms with E-state index < -0.39 is 21.6 Å². The Hall–Kier alpha value is -6.80. The number of rotatable bonds is 7. The molecule has 0 N–H and O–H groups in total. The maximum absolute atomic E-state index is 5.20. The van der Waals surface area contributed by atoms with Crippen molar-refractivity contribution in [1.82, 2.24) is 15.0 Å². The van der Waals surface area contributed by atoms with Crippen LogP contribution in [0.5, 0.6) is 0 Å². The molecule has 63 heavy (non-hydrogen) atoms. The van der Waals surface area contributed by atoms with Crippen molar-refractivity contribution >= 4 is 26.5 Å². The van der Waals surface area contributed by atoms with Gasteiger partial charge in [-0.25, -0.2) is 15.0 Å². The summed E-state index contributed by atoms with van der Waals surface area (Å²) in [6.45, 7) is 14.8. The van der Waals surface area contributed by atoms with Gasteiger partial charge in [0.2, 0.25) is 0 Å². The SMILES string of the molecule is C[Si](C)(C)c1ccc2c(c1)C1(c3ccccc3-c3ccc(-c4cccc(-c5nc(-c6ccccc6)nc(-c6cccc(-c7ccccc7)c6)n5)c4)cc31)c1cc([Si](C)(C)C)ccc1-2. The van der Waals surface area contributed by atoms with Crippen LogP contribution in [0.2, 0.25) is 39.3 Å². The third-order valence-corrected chi connectivity index (χ3v) is 17.3. The average molecular weight is 844 g/mol. The zero-order valence-corrected chi connectivity index (χ0v) is 38.7. The highest BCUT2D eigenvalue weighted by Gasteiger charge is 2.52. The van der Waals surface area contributed by atoms with Crippen LogP contribution in [0.25, 0.3) is 78.7 Å². The van der Waals surface area contributed by atoms with Gasteiger partial charge in [0.05, 0.1) is 21.6 Å². The lowest BCUT2D eigenvalue weighted by Crippen LogP contribution is -2.40. The van der Waals surface area contributed by atoms with Crippen LogP contribution in [-0.4, -0.2) is 31.1 Å².